The Balaban J connectivity index is 1.77. The zero-order valence-electron chi connectivity index (χ0n) is 10.4. The largest absolute Gasteiger partial charge is 0.325 e. The molecule has 1 aromatic carbocycles. The summed E-state index contributed by atoms with van der Waals surface area (Å²) in [5, 5.41) is 2.97. The predicted octanol–water partition coefficient (Wildman–Crippen LogP) is 2.11. The summed E-state index contributed by atoms with van der Waals surface area (Å²) in [5.74, 6) is 0.0307. The summed E-state index contributed by atoms with van der Waals surface area (Å²) in [4.78, 5) is 16.7. The smallest absolute Gasteiger partial charge is 0.245 e. The van der Waals surface area contributed by atoms with E-state index in [1.807, 2.05) is 38.1 Å². The van der Waals surface area contributed by atoms with Crippen molar-refractivity contribution in [2.75, 3.05) is 5.32 Å². The molecule has 1 saturated carbocycles. The van der Waals surface area contributed by atoms with Crippen molar-refractivity contribution in [3.8, 4) is 0 Å². The van der Waals surface area contributed by atoms with Crippen molar-refractivity contribution in [2.45, 2.75) is 30.6 Å². The summed E-state index contributed by atoms with van der Waals surface area (Å²) >= 11 is 1.46. The molecular weight excluding hydrogens is 246 g/mol. The van der Waals surface area contributed by atoms with E-state index in [2.05, 4.69) is 15.0 Å². The molecule has 1 fully saturated rings. The summed E-state index contributed by atoms with van der Waals surface area (Å²) in [7, 11) is 0. The van der Waals surface area contributed by atoms with Crippen molar-refractivity contribution in [1.82, 2.24) is 4.72 Å². The van der Waals surface area contributed by atoms with Crippen LogP contribution in [0.15, 0.2) is 29.3 Å². The SMILES string of the molecule is Cc1ccc(NC(=O)C23CC2(C)N=CNS3)cc1. The summed E-state index contributed by atoms with van der Waals surface area (Å²) < 4.78 is 2.53. The van der Waals surface area contributed by atoms with Crippen molar-refractivity contribution in [2.24, 2.45) is 4.99 Å². The average Bonchev–Trinajstić information content (AvgIpc) is 3.00. The number of hydrogen-bond donors (Lipinski definition) is 2. The van der Waals surface area contributed by atoms with E-state index in [0.29, 0.717) is 0 Å². The first-order chi connectivity index (χ1) is 8.56. The number of nitrogens with zero attached hydrogens (tertiary/aromatic N) is 1. The van der Waals surface area contributed by atoms with Crippen LogP contribution < -0.4 is 10.0 Å². The Hall–Kier alpha value is -1.49. The lowest BCUT2D eigenvalue weighted by Crippen LogP contribution is -2.38. The Morgan fingerprint density at radius 2 is 2.17 bits per heavy atom. The maximum Gasteiger partial charge on any atom is 0.245 e. The highest BCUT2D eigenvalue weighted by molar-refractivity contribution is 8.00. The van der Waals surface area contributed by atoms with Gasteiger partial charge in [0.25, 0.3) is 0 Å². The second kappa shape index (κ2) is 3.75. The van der Waals surface area contributed by atoms with E-state index < -0.39 is 4.75 Å². The maximum absolute atomic E-state index is 12.4. The first kappa shape index (κ1) is 11.6. The molecule has 2 atom stereocenters. The number of carbonyl (C=O) groups excluding carboxylic acids is 1. The highest BCUT2D eigenvalue weighted by atomic mass is 32.2. The molecule has 94 valence electrons. The molecule has 0 radical (unpaired) electrons. The van der Waals surface area contributed by atoms with Crippen LogP contribution >= 0.6 is 11.9 Å². The van der Waals surface area contributed by atoms with E-state index >= 15 is 0 Å². The summed E-state index contributed by atoms with van der Waals surface area (Å²) in [6.07, 6.45) is 2.46. The fourth-order valence-electron chi connectivity index (χ4n) is 2.27. The lowest BCUT2D eigenvalue weighted by molar-refractivity contribution is -0.116. The van der Waals surface area contributed by atoms with E-state index in [-0.39, 0.29) is 11.4 Å². The van der Waals surface area contributed by atoms with Crippen molar-refractivity contribution < 1.29 is 4.79 Å². The number of nitrogens with one attached hydrogen (secondary N) is 2. The molecule has 1 heterocycles. The number of amides is 1. The van der Waals surface area contributed by atoms with E-state index in [9.17, 15) is 4.79 Å². The maximum atomic E-state index is 12.4. The van der Waals surface area contributed by atoms with Crippen LogP contribution in [-0.2, 0) is 4.79 Å². The molecule has 3 rings (SSSR count). The Labute approximate surface area is 110 Å². The number of fused-ring (bicyclic) bond motifs is 1. The zero-order chi connectivity index (χ0) is 12.8. The number of anilines is 1. The number of benzene rings is 1. The summed E-state index contributed by atoms with van der Waals surface area (Å²) in [5.41, 5.74) is 1.77. The van der Waals surface area contributed by atoms with Crippen molar-refractivity contribution >= 4 is 29.9 Å². The van der Waals surface area contributed by atoms with Gasteiger partial charge in [-0.3, -0.25) is 9.79 Å². The minimum atomic E-state index is -0.452. The van der Waals surface area contributed by atoms with E-state index in [1.165, 1.54) is 17.5 Å². The van der Waals surface area contributed by atoms with Crippen LogP contribution in [0.5, 0.6) is 0 Å². The van der Waals surface area contributed by atoms with Gasteiger partial charge in [0.1, 0.15) is 4.75 Å². The molecule has 0 aromatic heterocycles. The molecule has 1 aliphatic heterocycles. The molecule has 4 nitrogen and oxygen atoms in total. The third-order valence-corrected chi connectivity index (χ3v) is 4.99. The lowest BCUT2D eigenvalue weighted by atomic mass is 10.2. The molecule has 2 aliphatic rings. The van der Waals surface area contributed by atoms with Gasteiger partial charge in [-0.15, -0.1) is 0 Å². The first-order valence-corrected chi connectivity index (χ1v) is 6.73. The van der Waals surface area contributed by atoms with E-state index in [0.717, 1.165) is 12.1 Å². The fraction of sp³-hybridized carbons (Fsp3) is 0.385. The van der Waals surface area contributed by atoms with Gasteiger partial charge in [-0.2, -0.15) is 0 Å². The average molecular weight is 261 g/mol. The van der Waals surface area contributed by atoms with Crippen LogP contribution in [0, 0.1) is 6.92 Å². The third-order valence-electron chi connectivity index (χ3n) is 3.65. The van der Waals surface area contributed by atoms with Gasteiger partial charge in [-0.25, -0.2) is 0 Å². The fourth-order valence-corrected chi connectivity index (χ4v) is 3.35. The second-order valence-electron chi connectivity index (χ2n) is 5.08. The molecule has 2 N–H and O–H groups in total. The predicted molar refractivity (Wildman–Crippen MR) is 74.8 cm³/mol. The standard InChI is InChI=1S/C13H15N3OS/c1-9-3-5-10(6-4-9)16-11(17)13-7-12(13,2)14-8-15-18-13/h3-6,8H,7H2,1-2H3,(H,14,15)(H,16,17). The van der Waals surface area contributed by atoms with Crippen LogP contribution in [0.3, 0.4) is 0 Å². The highest BCUT2D eigenvalue weighted by Gasteiger charge is 2.72. The monoisotopic (exact) mass is 261 g/mol. The van der Waals surface area contributed by atoms with Crippen molar-refractivity contribution in [1.29, 1.82) is 0 Å². The Morgan fingerprint density at radius 1 is 1.44 bits per heavy atom. The quantitative estimate of drug-likeness (QED) is 0.802. The Bertz CT molecular complexity index is 524. The van der Waals surface area contributed by atoms with Gasteiger partial charge in [-0.05, 0) is 37.9 Å². The zero-order valence-corrected chi connectivity index (χ0v) is 11.2. The van der Waals surface area contributed by atoms with E-state index in [4.69, 9.17) is 0 Å². The molecule has 2 unspecified atom stereocenters. The minimum absolute atomic E-state index is 0.0307. The van der Waals surface area contributed by atoms with Gasteiger partial charge < -0.3 is 10.0 Å². The van der Waals surface area contributed by atoms with Gasteiger partial charge in [0.05, 0.1) is 11.9 Å². The van der Waals surface area contributed by atoms with Gasteiger partial charge in [-0.1, -0.05) is 17.7 Å². The van der Waals surface area contributed by atoms with Crippen LogP contribution in [0.1, 0.15) is 18.9 Å². The van der Waals surface area contributed by atoms with E-state index in [1.54, 1.807) is 6.34 Å². The van der Waals surface area contributed by atoms with Crippen molar-refractivity contribution in [3.05, 3.63) is 29.8 Å². The summed E-state index contributed by atoms with van der Waals surface area (Å²) in [6, 6.07) is 7.83. The topological polar surface area (TPSA) is 53.5 Å². The number of aryl methyl sites for hydroxylation is 1. The number of aliphatic imine (C=N–C) groups is 1. The van der Waals surface area contributed by atoms with Crippen LogP contribution in [0.4, 0.5) is 5.69 Å². The number of carbonyl (C=O) groups is 1. The van der Waals surface area contributed by atoms with Crippen LogP contribution in [-0.4, -0.2) is 22.5 Å². The molecule has 0 saturated heterocycles. The molecule has 5 heteroatoms. The molecule has 1 amide bonds. The molecule has 1 aliphatic carbocycles. The number of rotatable bonds is 2. The van der Waals surface area contributed by atoms with Crippen LogP contribution in [0.2, 0.25) is 0 Å². The highest BCUT2D eigenvalue weighted by Crippen LogP contribution is 2.60. The Kier molecular flexibility index (Phi) is 2.41. The van der Waals surface area contributed by atoms with Gasteiger partial charge in [0.15, 0.2) is 0 Å². The second-order valence-corrected chi connectivity index (χ2v) is 6.21. The molecule has 0 bridgehead atoms. The minimum Gasteiger partial charge on any atom is -0.325 e. The Morgan fingerprint density at radius 3 is 2.83 bits per heavy atom. The molecule has 0 spiro atoms. The molecule has 18 heavy (non-hydrogen) atoms. The van der Waals surface area contributed by atoms with Gasteiger partial charge in [0, 0.05) is 12.1 Å². The number of hydrogen-bond acceptors (Lipinski definition) is 4. The lowest BCUT2D eigenvalue weighted by Gasteiger charge is -2.22. The third kappa shape index (κ3) is 1.61. The van der Waals surface area contributed by atoms with Crippen LogP contribution in [0.25, 0.3) is 0 Å². The molecule has 1 aromatic rings. The van der Waals surface area contributed by atoms with Gasteiger partial charge in [0.2, 0.25) is 5.91 Å². The molecular formula is C13H15N3OS. The van der Waals surface area contributed by atoms with Crippen molar-refractivity contribution in [3.63, 3.8) is 0 Å². The normalized spacial score (nSPS) is 32.3. The first-order valence-electron chi connectivity index (χ1n) is 5.91. The van der Waals surface area contributed by atoms with Gasteiger partial charge >= 0.3 is 0 Å². The summed E-state index contributed by atoms with van der Waals surface area (Å²) in [6.45, 7) is 4.05.